The van der Waals surface area contributed by atoms with Gasteiger partial charge in [0.05, 0.1) is 86.9 Å². The van der Waals surface area contributed by atoms with Gasteiger partial charge >= 0.3 is 42.1 Å². The Morgan fingerprint density at radius 1 is 0.450 bits per heavy atom. The molecular formula is C91H84Br3ClF6N20O19. The van der Waals surface area contributed by atoms with E-state index in [1.54, 1.807) is 116 Å². The van der Waals surface area contributed by atoms with Crippen LogP contribution in [-0.4, -0.2) is 207 Å². The fourth-order valence-corrected chi connectivity index (χ4v) is 14.4. The zero-order valence-electron chi connectivity index (χ0n) is 75.4. The fourth-order valence-electron chi connectivity index (χ4n) is 13.6. The monoisotopic (exact) mass is 2150 g/mol. The number of halogens is 10. The van der Waals surface area contributed by atoms with Crippen LogP contribution in [0.3, 0.4) is 0 Å². The first-order chi connectivity index (χ1) is 65.7. The number of nitrogens with zero attached hydrogens (tertiary/aromatic N) is 17. The lowest BCUT2D eigenvalue weighted by Crippen LogP contribution is -2.44. The number of aromatic nitrogens is 16. The molecule has 3 amide bonds. The number of carboxylic acid groups (broad SMARTS) is 1. The van der Waals surface area contributed by atoms with Gasteiger partial charge in [-0.2, -0.15) is 0 Å². The van der Waals surface area contributed by atoms with E-state index in [1.165, 1.54) is 98.6 Å². The van der Waals surface area contributed by atoms with Gasteiger partial charge in [0.1, 0.15) is 88.0 Å². The standard InChI is InChI=1S/C25H20BrF2N7O4.C20H20FN3O4.C17H12FN3O6.C16H19NO4.C9H10BrFN4O.C4H2BrFN2.ClH/c1-13(36)18-11-34(19-3-2-16(5-17(18)19)39-25-30-6-15(28)7-31-25)12-23(37)35-10-14(27)4-20(35)24(38)33-22-9-29-8-21(26)32-22;1-12(25)16-10-24(11-18(26)28-20(2,3)4)17-6-5-14(7-15(16)17)27-19-22-8-13(21)9-23-19;1-9(22)13-7-21(8-15(23)27-17(24)25)14-3-2-11(4-12(13)14)26-16-19-5-10(18)6-20-16;1-10(18)13-8-17(9-15(20)21-16(2,3)4)14-6-5-11(19)7-12(13)14;10-7-3-12-4-8(14-7)15-9(16)6-1-5(11)2-13-6;5-4-7-1-3(6)2-8-4;/h2-3,5-9,11,14,20H,4,10,12H2,1H3,(H,32,33,38);5-10H,11H2,1-4H3;2-7H,8H2,1H3,(H,24,25);5-8,19H,9H2,1-4H3;3-6,13H,1-2H2,(H,14,15,16);1-2H;1H/t14-,20+;;;;5-,6+;;/m1...1../s1. The van der Waals surface area contributed by atoms with Crippen LogP contribution in [0.15, 0.2) is 186 Å². The highest BCUT2D eigenvalue weighted by molar-refractivity contribution is 9.11. The number of benzene rings is 4. The average Bonchev–Trinajstić information content (AvgIpc) is 1.64. The Hall–Kier alpha value is -15.0. The summed E-state index contributed by atoms with van der Waals surface area (Å²) in [6, 6.07) is 17.5. The van der Waals surface area contributed by atoms with Gasteiger partial charge in [-0.25, -0.2) is 85.8 Å². The Morgan fingerprint density at radius 3 is 1.13 bits per heavy atom. The smallest absolute Gasteiger partial charge is 0.508 e. The van der Waals surface area contributed by atoms with Crippen molar-refractivity contribution in [1.82, 2.24) is 88.3 Å². The van der Waals surface area contributed by atoms with E-state index in [0.717, 1.165) is 49.6 Å². The van der Waals surface area contributed by atoms with E-state index in [4.69, 9.17) is 28.8 Å². The predicted molar refractivity (Wildman–Crippen MR) is 501 cm³/mol. The van der Waals surface area contributed by atoms with E-state index in [9.17, 15) is 84.2 Å². The third-order valence-electron chi connectivity index (χ3n) is 19.2. The van der Waals surface area contributed by atoms with E-state index in [-0.39, 0.29) is 123 Å². The molecule has 140 heavy (non-hydrogen) atoms. The molecule has 2 saturated heterocycles. The summed E-state index contributed by atoms with van der Waals surface area (Å²) in [5, 5.41) is 28.2. The van der Waals surface area contributed by atoms with E-state index in [2.05, 4.69) is 128 Å². The summed E-state index contributed by atoms with van der Waals surface area (Å²) in [5.41, 5.74) is 2.84. The summed E-state index contributed by atoms with van der Waals surface area (Å²) in [4.78, 5) is 179. The van der Waals surface area contributed by atoms with Crippen LogP contribution >= 0.6 is 60.2 Å². The molecule has 0 radical (unpaired) electrons. The number of phenolic OH excluding ortho intramolecular Hbond substituents is 1. The van der Waals surface area contributed by atoms with E-state index in [0.29, 0.717) is 103 Å². The van der Waals surface area contributed by atoms with Gasteiger partial charge in [0.15, 0.2) is 62.8 Å². The molecule has 2 fully saturated rings. The second-order valence-corrected chi connectivity index (χ2v) is 34.5. The number of carbonyl (C=O) groups excluding carboxylic acids is 10. The molecule has 49 heteroatoms. The number of alkyl halides is 2. The molecule has 0 unspecified atom stereocenters. The molecule has 0 aliphatic carbocycles. The molecule has 5 N–H and O–H groups in total. The van der Waals surface area contributed by atoms with Crippen molar-refractivity contribution >= 4 is 180 Å². The molecule has 16 rings (SSSR count). The van der Waals surface area contributed by atoms with Crippen molar-refractivity contribution in [2.45, 2.75) is 144 Å². The fraction of sp³-hybridized carbons (Fsp3) is 0.264. The molecule has 732 valence electrons. The lowest BCUT2D eigenvalue weighted by Gasteiger charge is -2.24. The Morgan fingerprint density at radius 2 is 0.793 bits per heavy atom. The normalized spacial score (nSPS) is 14.1. The minimum Gasteiger partial charge on any atom is -0.508 e. The first-order valence-electron chi connectivity index (χ1n) is 41.3. The van der Waals surface area contributed by atoms with Crippen LogP contribution in [0.4, 0.5) is 42.8 Å². The number of anilines is 2. The SMILES string of the molecule is CC(=O)c1cn(CC(=O)N2C[C@H](F)C[C@H]2C(=O)Nc2cncc(Br)n2)c2ccc(Oc3ncc(F)cn3)cc12.CC(=O)c1cn(CC(=O)OC(=O)O)c2ccc(Oc3ncc(F)cn3)cc12.CC(=O)c1cn(CC(=O)OC(C)(C)C)c2ccc(O)cc12.CC(=O)c1cn(CC(=O)OC(C)(C)C)c2ccc(Oc3ncc(F)cn3)cc12.Cl.Fc1cnc(Br)nc1.O=C(Nc1cncc(Br)n1)[C@@H]1C[C@@H](F)CN1. The van der Waals surface area contributed by atoms with E-state index < -0.39 is 95.4 Å². The number of hydrogen-bond donors (Lipinski definition) is 5. The Kier molecular flexibility index (Phi) is 36.6. The predicted octanol–water partition coefficient (Wildman–Crippen LogP) is 16.0. The summed E-state index contributed by atoms with van der Waals surface area (Å²) in [7, 11) is 0. The minimum absolute atomic E-state index is 0. The van der Waals surface area contributed by atoms with E-state index >= 15 is 0 Å². The summed E-state index contributed by atoms with van der Waals surface area (Å²) < 4.78 is 117. The summed E-state index contributed by atoms with van der Waals surface area (Å²) in [5.74, 6) is -4.55. The van der Waals surface area contributed by atoms with Crippen molar-refractivity contribution in [2.75, 3.05) is 23.7 Å². The van der Waals surface area contributed by atoms with Crippen LogP contribution in [0.1, 0.15) is 124 Å². The molecule has 10 aromatic heterocycles. The van der Waals surface area contributed by atoms with Gasteiger partial charge < -0.3 is 77.8 Å². The number of hydrogen-bond acceptors (Lipinski definition) is 31. The Balaban J connectivity index is 0.000000181. The van der Waals surface area contributed by atoms with Crippen LogP contribution in [0.25, 0.3) is 43.6 Å². The highest BCUT2D eigenvalue weighted by Gasteiger charge is 2.41. The number of carbonyl (C=O) groups is 11. The zero-order valence-corrected chi connectivity index (χ0v) is 81.0. The second kappa shape index (κ2) is 47.8. The number of phenols is 1. The van der Waals surface area contributed by atoms with Gasteiger partial charge in [0.25, 0.3) is 0 Å². The number of likely N-dealkylation sites (tertiary alicyclic amines) is 1. The van der Waals surface area contributed by atoms with Crippen LogP contribution in [0.2, 0.25) is 0 Å². The largest absolute Gasteiger partial charge is 0.513 e. The van der Waals surface area contributed by atoms with E-state index in [1.807, 2.05) is 0 Å². The van der Waals surface area contributed by atoms with Crippen molar-refractivity contribution < 1.29 is 118 Å². The molecule has 39 nitrogen and oxygen atoms in total. The maximum atomic E-state index is 14.4. The molecule has 0 saturated carbocycles. The Labute approximate surface area is 821 Å². The third-order valence-corrected chi connectivity index (χ3v) is 20.3. The summed E-state index contributed by atoms with van der Waals surface area (Å²) in [6.45, 7) is 15.8. The third kappa shape index (κ3) is 30.7. The van der Waals surface area contributed by atoms with Gasteiger partial charge in [-0.05, 0) is 190 Å². The molecule has 0 spiro atoms. The average molecular weight is 2150 g/mol. The number of amides is 3. The van der Waals surface area contributed by atoms with Crippen molar-refractivity contribution in [1.29, 1.82) is 0 Å². The molecular weight excluding hydrogens is 2070 g/mol. The molecule has 4 aromatic carbocycles. The molecule has 12 heterocycles. The van der Waals surface area contributed by atoms with Crippen molar-refractivity contribution in [3.05, 3.63) is 231 Å². The first-order valence-corrected chi connectivity index (χ1v) is 43.7. The van der Waals surface area contributed by atoms with Crippen molar-refractivity contribution in [2.24, 2.45) is 0 Å². The maximum absolute atomic E-state index is 14.4. The van der Waals surface area contributed by atoms with Gasteiger partial charge in [-0.1, -0.05) is 0 Å². The highest BCUT2D eigenvalue weighted by Crippen LogP contribution is 2.35. The van der Waals surface area contributed by atoms with Gasteiger partial charge in [-0.3, -0.25) is 53.1 Å². The van der Waals surface area contributed by atoms with Crippen LogP contribution < -0.4 is 30.2 Å². The molecule has 2 aliphatic heterocycles. The molecule has 4 atom stereocenters. The number of rotatable bonds is 22. The van der Waals surface area contributed by atoms with Crippen molar-refractivity contribution in [3.63, 3.8) is 0 Å². The number of nitrogens with one attached hydrogen (secondary N) is 3. The van der Waals surface area contributed by atoms with Crippen LogP contribution in [0.5, 0.6) is 41.0 Å². The first kappa shape index (κ1) is 107. The Bertz CT molecular complexity index is 6920. The quantitative estimate of drug-likeness (QED) is 0.0105. The second-order valence-electron chi connectivity index (χ2n) is 32.2. The number of aromatic hydroxyl groups is 1. The van der Waals surface area contributed by atoms with Crippen LogP contribution in [0, 0.1) is 23.3 Å². The lowest BCUT2D eigenvalue weighted by molar-refractivity contribution is -0.156. The number of fused-ring (bicyclic) bond motifs is 4. The van der Waals surface area contributed by atoms with Gasteiger partial charge in [-0.15, -0.1) is 12.4 Å². The number of ketones is 4. The summed E-state index contributed by atoms with van der Waals surface area (Å²) >= 11 is 9.27. The topological polar surface area (TPSA) is 497 Å². The number of Topliss-reactive ketones (excluding diaryl/α,β-unsaturated/α-hetero) is 4. The number of esters is 3. The van der Waals surface area contributed by atoms with Gasteiger partial charge in [0, 0.05) is 110 Å². The molecule has 14 aromatic rings. The molecule has 0 bridgehead atoms. The van der Waals surface area contributed by atoms with Gasteiger partial charge in [0.2, 0.25) is 17.7 Å². The minimum atomic E-state index is -1.71. The summed E-state index contributed by atoms with van der Waals surface area (Å²) in [6.07, 6.45) is 15.9. The highest BCUT2D eigenvalue weighted by atomic mass is 79.9. The molecule has 2 aliphatic rings. The number of ether oxygens (including phenoxy) is 6. The zero-order chi connectivity index (χ0) is 101. The van der Waals surface area contributed by atoms with Crippen LogP contribution in [-0.2, 0) is 69.2 Å². The maximum Gasteiger partial charge on any atom is 0.513 e. The van der Waals surface area contributed by atoms with Crippen molar-refractivity contribution in [3.8, 4) is 41.0 Å². The lowest BCUT2D eigenvalue weighted by atomic mass is 10.1.